The number of carbonyl (C=O) groups is 1. The van der Waals surface area contributed by atoms with Crippen molar-refractivity contribution in [1.29, 1.82) is 0 Å². The number of H-pyrrole nitrogens is 1. The lowest BCUT2D eigenvalue weighted by Gasteiger charge is -2.07. The highest BCUT2D eigenvalue weighted by molar-refractivity contribution is 7.11. The van der Waals surface area contributed by atoms with E-state index < -0.39 is 0 Å². The second-order valence-electron chi connectivity index (χ2n) is 5.85. The first-order chi connectivity index (χ1) is 13.7. The van der Waals surface area contributed by atoms with E-state index in [1.54, 1.807) is 48.7 Å². The number of nitrogens with one attached hydrogen (secondary N) is 3. The lowest BCUT2D eigenvalue weighted by molar-refractivity contribution is 0.0955. The van der Waals surface area contributed by atoms with Gasteiger partial charge >= 0.3 is 0 Å². The van der Waals surface area contributed by atoms with Gasteiger partial charge in [0.2, 0.25) is 5.95 Å². The van der Waals surface area contributed by atoms with E-state index in [0.29, 0.717) is 28.1 Å². The second-order valence-corrected chi connectivity index (χ2v) is 6.83. The fraction of sp³-hybridized carbons (Fsp3) is 0. The smallest absolute Gasteiger partial charge is 0.271 e. The van der Waals surface area contributed by atoms with E-state index in [1.807, 2.05) is 23.6 Å². The summed E-state index contributed by atoms with van der Waals surface area (Å²) < 4.78 is 0. The Morgan fingerprint density at radius 2 is 1.89 bits per heavy atom. The molecule has 8 heteroatoms. The number of hydrogen-bond donors (Lipinski definition) is 3. The Kier molecular flexibility index (Phi) is 4.94. The van der Waals surface area contributed by atoms with E-state index in [0.717, 1.165) is 4.88 Å². The van der Waals surface area contributed by atoms with Crippen molar-refractivity contribution < 1.29 is 4.79 Å². The Morgan fingerprint density at radius 1 is 1.07 bits per heavy atom. The first-order valence-electron chi connectivity index (χ1n) is 8.42. The van der Waals surface area contributed by atoms with Gasteiger partial charge in [-0.15, -0.1) is 11.3 Å². The van der Waals surface area contributed by atoms with Gasteiger partial charge in [-0.3, -0.25) is 14.6 Å². The molecule has 0 fully saturated rings. The third-order valence-electron chi connectivity index (χ3n) is 3.92. The highest BCUT2D eigenvalue weighted by atomic mass is 32.1. The molecule has 0 aliphatic heterocycles. The summed E-state index contributed by atoms with van der Waals surface area (Å²) in [5.74, 6) is 0.0260. The Balaban J connectivity index is 1.44. The van der Waals surface area contributed by atoms with Gasteiger partial charge in [0.25, 0.3) is 11.5 Å². The summed E-state index contributed by atoms with van der Waals surface area (Å²) in [6, 6.07) is 17.7. The minimum atomic E-state index is -0.309. The fourth-order valence-electron chi connectivity index (χ4n) is 2.57. The normalized spacial score (nSPS) is 11.0. The molecule has 0 aliphatic carbocycles. The molecule has 7 nitrogen and oxygen atoms in total. The van der Waals surface area contributed by atoms with Crippen LogP contribution in [0.2, 0.25) is 0 Å². The SMILES string of the molecule is O=C(N/N=C\c1cccs1)c1ccc(Nc2nc3ccccc3c(=O)[nH]2)cc1. The van der Waals surface area contributed by atoms with E-state index in [2.05, 4.69) is 25.8 Å². The number of thiophene rings is 1. The zero-order valence-electron chi connectivity index (χ0n) is 14.5. The molecule has 4 aromatic rings. The number of fused-ring (bicyclic) bond motifs is 1. The van der Waals surface area contributed by atoms with Crippen molar-refractivity contribution in [2.45, 2.75) is 0 Å². The molecule has 0 radical (unpaired) electrons. The van der Waals surface area contributed by atoms with Gasteiger partial charge in [0.15, 0.2) is 0 Å². The summed E-state index contributed by atoms with van der Waals surface area (Å²) in [7, 11) is 0. The first kappa shape index (κ1) is 17.6. The minimum Gasteiger partial charge on any atom is -0.326 e. The standard InChI is InChI=1S/C20H15N5O2S/c26-18(25-21-12-15-4-3-11-28-15)13-7-9-14(10-8-13)22-20-23-17-6-2-1-5-16(17)19(27)24-20/h1-12H,(H,25,26)(H2,22,23,24,27)/b21-12-. The maximum Gasteiger partial charge on any atom is 0.271 e. The van der Waals surface area contributed by atoms with Gasteiger partial charge in [0.05, 0.1) is 17.1 Å². The average Bonchev–Trinajstić information content (AvgIpc) is 3.22. The van der Waals surface area contributed by atoms with E-state index in [1.165, 1.54) is 11.3 Å². The number of rotatable bonds is 5. The maximum atomic E-state index is 12.1. The van der Waals surface area contributed by atoms with Crippen molar-refractivity contribution >= 4 is 46.0 Å². The Bertz CT molecular complexity index is 1200. The van der Waals surface area contributed by atoms with Crippen LogP contribution in [0.25, 0.3) is 10.9 Å². The number of carbonyl (C=O) groups excluding carboxylic acids is 1. The lowest BCUT2D eigenvalue weighted by atomic mass is 10.2. The molecule has 0 aliphatic rings. The summed E-state index contributed by atoms with van der Waals surface area (Å²) in [4.78, 5) is 32.3. The number of aromatic nitrogens is 2. The molecule has 4 rings (SSSR count). The average molecular weight is 389 g/mol. The van der Waals surface area contributed by atoms with Crippen LogP contribution in [0.1, 0.15) is 15.2 Å². The van der Waals surface area contributed by atoms with E-state index in [-0.39, 0.29) is 11.5 Å². The van der Waals surface area contributed by atoms with Crippen LogP contribution in [0, 0.1) is 0 Å². The fourth-order valence-corrected chi connectivity index (χ4v) is 3.16. The van der Waals surface area contributed by atoms with Crippen LogP contribution in [0.15, 0.2) is 75.9 Å². The van der Waals surface area contributed by atoms with Gasteiger partial charge in [0.1, 0.15) is 0 Å². The molecule has 1 amide bonds. The zero-order valence-corrected chi connectivity index (χ0v) is 15.4. The first-order valence-corrected chi connectivity index (χ1v) is 9.30. The summed E-state index contributed by atoms with van der Waals surface area (Å²) >= 11 is 1.53. The number of anilines is 2. The lowest BCUT2D eigenvalue weighted by Crippen LogP contribution is -2.17. The summed E-state index contributed by atoms with van der Waals surface area (Å²) in [6.45, 7) is 0. The van der Waals surface area contributed by atoms with Gasteiger partial charge in [-0.25, -0.2) is 10.4 Å². The molecule has 0 saturated heterocycles. The number of para-hydroxylation sites is 1. The third kappa shape index (κ3) is 3.97. The monoisotopic (exact) mass is 389 g/mol. The van der Waals surface area contributed by atoms with Crippen molar-refractivity contribution in [2.75, 3.05) is 5.32 Å². The summed E-state index contributed by atoms with van der Waals surface area (Å²) in [6.07, 6.45) is 1.60. The Hall–Kier alpha value is -3.78. The topological polar surface area (TPSA) is 99.2 Å². The highest BCUT2D eigenvalue weighted by Crippen LogP contribution is 2.15. The Morgan fingerprint density at radius 3 is 2.68 bits per heavy atom. The molecular weight excluding hydrogens is 374 g/mol. The van der Waals surface area contributed by atoms with Crippen molar-refractivity contribution in [3.05, 3.63) is 86.8 Å². The second kappa shape index (κ2) is 7.85. The van der Waals surface area contributed by atoms with Crippen LogP contribution in [0.4, 0.5) is 11.6 Å². The molecular formula is C20H15N5O2S. The summed E-state index contributed by atoms with van der Waals surface area (Å²) in [5, 5.41) is 9.45. The molecule has 0 spiro atoms. The van der Waals surface area contributed by atoms with E-state index in [9.17, 15) is 9.59 Å². The molecule has 3 N–H and O–H groups in total. The van der Waals surface area contributed by atoms with Crippen LogP contribution in [-0.2, 0) is 0 Å². The Labute approximate surface area is 163 Å². The van der Waals surface area contributed by atoms with Gasteiger partial charge in [0, 0.05) is 16.1 Å². The maximum absolute atomic E-state index is 12.1. The quantitative estimate of drug-likeness (QED) is 0.359. The van der Waals surface area contributed by atoms with Crippen LogP contribution in [-0.4, -0.2) is 22.1 Å². The van der Waals surface area contributed by atoms with E-state index >= 15 is 0 Å². The molecule has 0 bridgehead atoms. The van der Waals surface area contributed by atoms with Crippen LogP contribution in [0.5, 0.6) is 0 Å². The minimum absolute atomic E-state index is 0.215. The van der Waals surface area contributed by atoms with Crippen molar-refractivity contribution in [3.8, 4) is 0 Å². The molecule has 28 heavy (non-hydrogen) atoms. The molecule has 0 saturated carbocycles. The van der Waals surface area contributed by atoms with Gasteiger partial charge < -0.3 is 5.32 Å². The number of hydrogen-bond acceptors (Lipinski definition) is 6. The predicted molar refractivity (Wildman–Crippen MR) is 111 cm³/mol. The largest absolute Gasteiger partial charge is 0.326 e. The number of aromatic amines is 1. The highest BCUT2D eigenvalue weighted by Gasteiger charge is 2.06. The summed E-state index contributed by atoms with van der Waals surface area (Å²) in [5.41, 5.74) is 4.04. The number of nitrogens with zero attached hydrogens (tertiary/aromatic N) is 2. The van der Waals surface area contributed by atoms with Crippen LogP contribution in [0.3, 0.4) is 0 Å². The molecule has 138 valence electrons. The molecule has 2 aromatic carbocycles. The molecule has 2 heterocycles. The van der Waals surface area contributed by atoms with Crippen molar-refractivity contribution in [1.82, 2.24) is 15.4 Å². The van der Waals surface area contributed by atoms with Crippen LogP contribution >= 0.6 is 11.3 Å². The van der Waals surface area contributed by atoms with Gasteiger partial charge in [-0.05, 0) is 47.8 Å². The van der Waals surface area contributed by atoms with Crippen molar-refractivity contribution in [2.24, 2.45) is 5.10 Å². The van der Waals surface area contributed by atoms with Gasteiger partial charge in [-0.2, -0.15) is 5.10 Å². The number of amides is 1. The predicted octanol–water partition coefficient (Wildman–Crippen LogP) is 3.49. The third-order valence-corrected chi connectivity index (χ3v) is 4.73. The molecule has 2 aromatic heterocycles. The zero-order chi connectivity index (χ0) is 19.3. The van der Waals surface area contributed by atoms with Crippen LogP contribution < -0.4 is 16.3 Å². The van der Waals surface area contributed by atoms with Gasteiger partial charge in [-0.1, -0.05) is 18.2 Å². The number of benzene rings is 2. The molecule has 0 unspecified atom stereocenters. The van der Waals surface area contributed by atoms with Crippen molar-refractivity contribution in [3.63, 3.8) is 0 Å². The number of hydrazone groups is 1. The van der Waals surface area contributed by atoms with E-state index in [4.69, 9.17) is 0 Å². The molecule has 0 atom stereocenters.